The van der Waals surface area contributed by atoms with Gasteiger partial charge in [-0.1, -0.05) is 48.0 Å². The van der Waals surface area contributed by atoms with Crippen LogP contribution in [0.15, 0.2) is 48.5 Å². The van der Waals surface area contributed by atoms with E-state index in [-0.39, 0.29) is 11.8 Å². The van der Waals surface area contributed by atoms with Crippen molar-refractivity contribution >= 4 is 17.5 Å². The molecule has 2 aliphatic heterocycles. The molecule has 2 fully saturated rings. The molecule has 2 aliphatic rings. The number of amides is 1. The van der Waals surface area contributed by atoms with Crippen LogP contribution in [0.25, 0.3) is 0 Å². The first-order valence-corrected chi connectivity index (χ1v) is 11.6. The van der Waals surface area contributed by atoms with Gasteiger partial charge < -0.3 is 5.32 Å². The van der Waals surface area contributed by atoms with E-state index in [1.165, 1.54) is 42.6 Å². The number of halogens is 1. The summed E-state index contributed by atoms with van der Waals surface area (Å²) in [5, 5.41) is 3.93. The smallest absolute Gasteiger partial charge is 0.223 e. The molecule has 2 heterocycles. The SMILES string of the molecule is O=C(NCc1ccc(CN2CCCC2)cc1)C1CCN(Cc2cccc(Cl)c2)CC1. The molecule has 0 radical (unpaired) electrons. The van der Waals surface area contributed by atoms with Crippen LogP contribution in [0.1, 0.15) is 42.4 Å². The minimum absolute atomic E-state index is 0.120. The summed E-state index contributed by atoms with van der Waals surface area (Å²) in [5.41, 5.74) is 3.77. The Bertz CT molecular complexity index is 825. The number of carbonyl (C=O) groups is 1. The van der Waals surface area contributed by atoms with Gasteiger partial charge in [-0.05, 0) is 80.7 Å². The second-order valence-electron chi connectivity index (χ2n) is 8.70. The third-order valence-corrected chi connectivity index (χ3v) is 6.58. The lowest BCUT2D eigenvalue weighted by Crippen LogP contribution is -2.40. The highest BCUT2D eigenvalue weighted by Gasteiger charge is 2.24. The third kappa shape index (κ3) is 6.07. The standard InChI is InChI=1S/C25H32ClN3O/c26-24-5-3-4-22(16-24)19-29-14-10-23(11-15-29)25(30)27-17-20-6-8-21(9-7-20)18-28-12-1-2-13-28/h3-9,16,23H,1-2,10-15,17-19H2,(H,27,30). The maximum Gasteiger partial charge on any atom is 0.223 e. The topological polar surface area (TPSA) is 35.6 Å². The lowest BCUT2D eigenvalue weighted by molar-refractivity contribution is -0.126. The highest BCUT2D eigenvalue weighted by atomic mass is 35.5. The molecule has 1 N–H and O–H groups in total. The predicted octanol–water partition coefficient (Wildman–Crippen LogP) is 4.46. The number of nitrogens with zero attached hydrogens (tertiary/aromatic N) is 2. The first-order valence-electron chi connectivity index (χ1n) is 11.2. The molecule has 2 aromatic rings. The number of benzene rings is 2. The number of piperidine rings is 1. The quantitative estimate of drug-likeness (QED) is 0.711. The minimum atomic E-state index is 0.120. The van der Waals surface area contributed by atoms with E-state index in [1.54, 1.807) is 0 Å². The van der Waals surface area contributed by atoms with E-state index in [2.05, 4.69) is 45.4 Å². The summed E-state index contributed by atoms with van der Waals surface area (Å²) in [6.45, 7) is 6.90. The Labute approximate surface area is 185 Å². The van der Waals surface area contributed by atoms with Crippen molar-refractivity contribution in [2.45, 2.75) is 45.3 Å². The molecule has 2 aromatic carbocycles. The van der Waals surface area contributed by atoms with Crippen LogP contribution in [0.3, 0.4) is 0 Å². The molecule has 30 heavy (non-hydrogen) atoms. The molecule has 0 bridgehead atoms. The monoisotopic (exact) mass is 425 g/mol. The van der Waals surface area contributed by atoms with Crippen molar-refractivity contribution in [3.8, 4) is 0 Å². The van der Waals surface area contributed by atoms with Gasteiger partial charge in [-0.3, -0.25) is 14.6 Å². The summed E-state index contributed by atoms with van der Waals surface area (Å²) in [6.07, 6.45) is 4.48. The molecule has 0 unspecified atom stereocenters. The van der Waals surface area contributed by atoms with Crippen LogP contribution in [0.5, 0.6) is 0 Å². The molecule has 2 saturated heterocycles. The molecule has 0 aliphatic carbocycles. The Hall–Kier alpha value is -1.88. The van der Waals surface area contributed by atoms with E-state index >= 15 is 0 Å². The van der Waals surface area contributed by atoms with Crippen LogP contribution >= 0.6 is 11.6 Å². The van der Waals surface area contributed by atoms with E-state index < -0.39 is 0 Å². The van der Waals surface area contributed by atoms with Gasteiger partial charge in [0, 0.05) is 30.6 Å². The van der Waals surface area contributed by atoms with Crippen molar-refractivity contribution in [3.05, 3.63) is 70.2 Å². The summed E-state index contributed by atoms with van der Waals surface area (Å²) >= 11 is 6.09. The van der Waals surface area contributed by atoms with Gasteiger partial charge in [0.1, 0.15) is 0 Å². The zero-order valence-corrected chi connectivity index (χ0v) is 18.4. The van der Waals surface area contributed by atoms with Gasteiger partial charge in [0.25, 0.3) is 0 Å². The van der Waals surface area contributed by atoms with Gasteiger partial charge >= 0.3 is 0 Å². The summed E-state index contributed by atoms with van der Waals surface area (Å²) in [6, 6.07) is 16.7. The number of nitrogens with one attached hydrogen (secondary N) is 1. The summed E-state index contributed by atoms with van der Waals surface area (Å²) in [7, 11) is 0. The first-order chi connectivity index (χ1) is 14.7. The molecule has 0 atom stereocenters. The van der Waals surface area contributed by atoms with Crippen LogP contribution in [0.2, 0.25) is 5.02 Å². The highest BCUT2D eigenvalue weighted by Crippen LogP contribution is 2.21. The highest BCUT2D eigenvalue weighted by molar-refractivity contribution is 6.30. The first kappa shape index (κ1) is 21.4. The Morgan fingerprint density at radius 2 is 1.50 bits per heavy atom. The Morgan fingerprint density at radius 3 is 2.20 bits per heavy atom. The fourth-order valence-electron chi connectivity index (χ4n) is 4.54. The number of carbonyl (C=O) groups excluding carboxylic acids is 1. The van der Waals surface area contributed by atoms with E-state index in [4.69, 9.17) is 11.6 Å². The van der Waals surface area contributed by atoms with Crippen molar-refractivity contribution in [2.75, 3.05) is 26.2 Å². The molecule has 0 aromatic heterocycles. The zero-order chi connectivity index (χ0) is 20.8. The van der Waals surface area contributed by atoms with Crippen LogP contribution in [0.4, 0.5) is 0 Å². The van der Waals surface area contributed by atoms with Crippen LogP contribution < -0.4 is 5.32 Å². The molecule has 4 nitrogen and oxygen atoms in total. The summed E-state index contributed by atoms with van der Waals surface area (Å²) < 4.78 is 0. The van der Waals surface area contributed by atoms with Crippen molar-refractivity contribution in [1.29, 1.82) is 0 Å². The average molecular weight is 426 g/mol. The number of rotatable bonds is 7. The van der Waals surface area contributed by atoms with Crippen molar-refractivity contribution in [3.63, 3.8) is 0 Å². The molecule has 0 spiro atoms. The second kappa shape index (κ2) is 10.4. The fourth-order valence-corrected chi connectivity index (χ4v) is 4.75. The van der Waals surface area contributed by atoms with E-state index in [9.17, 15) is 4.79 Å². The molecule has 1 amide bonds. The molecular formula is C25H32ClN3O. The lowest BCUT2D eigenvalue weighted by Gasteiger charge is -2.31. The minimum Gasteiger partial charge on any atom is -0.352 e. The van der Waals surface area contributed by atoms with Gasteiger partial charge in [-0.15, -0.1) is 0 Å². The maximum atomic E-state index is 12.6. The number of hydrogen-bond donors (Lipinski definition) is 1. The van der Waals surface area contributed by atoms with Gasteiger partial charge in [0.2, 0.25) is 5.91 Å². The molecule has 4 rings (SSSR count). The normalized spacial score (nSPS) is 18.6. The fraction of sp³-hybridized carbons (Fsp3) is 0.480. The molecular weight excluding hydrogens is 394 g/mol. The third-order valence-electron chi connectivity index (χ3n) is 6.35. The van der Waals surface area contributed by atoms with Crippen molar-refractivity contribution < 1.29 is 4.79 Å². The van der Waals surface area contributed by atoms with Crippen LogP contribution in [-0.4, -0.2) is 41.9 Å². The predicted molar refractivity (Wildman–Crippen MR) is 122 cm³/mol. The number of likely N-dealkylation sites (tertiary alicyclic amines) is 2. The van der Waals surface area contributed by atoms with E-state index in [0.717, 1.165) is 44.0 Å². The van der Waals surface area contributed by atoms with Crippen LogP contribution in [-0.2, 0) is 24.4 Å². The van der Waals surface area contributed by atoms with E-state index in [1.807, 2.05) is 18.2 Å². The molecule has 160 valence electrons. The zero-order valence-electron chi connectivity index (χ0n) is 17.7. The van der Waals surface area contributed by atoms with Crippen molar-refractivity contribution in [2.24, 2.45) is 5.92 Å². The molecule has 5 heteroatoms. The molecule has 0 saturated carbocycles. The largest absolute Gasteiger partial charge is 0.352 e. The van der Waals surface area contributed by atoms with Crippen molar-refractivity contribution in [1.82, 2.24) is 15.1 Å². The summed E-state index contributed by atoms with van der Waals surface area (Å²) in [4.78, 5) is 17.5. The second-order valence-corrected chi connectivity index (χ2v) is 9.13. The lowest BCUT2D eigenvalue weighted by atomic mass is 9.95. The Kier molecular flexibility index (Phi) is 7.42. The maximum absolute atomic E-state index is 12.6. The van der Waals surface area contributed by atoms with Gasteiger partial charge in [0.05, 0.1) is 0 Å². The van der Waals surface area contributed by atoms with E-state index in [0.29, 0.717) is 6.54 Å². The van der Waals surface area contributed by atoms with Gasteiger partial charge in [-0.25, -0.2) is 0 Å². The van der Waals surface area contributed by atoms with Gasteiger partial charge in [0.15, 0.2) is 0 Å². The van der Waals surface area contributed by atoms with Gasteiger partial charge in [-0.2, -0.15) is 0 Å². The summed E-state index contributed by atoms with van der Waals surface area (Å²) in [5.74, 6) is 0.314. The van der Waals surface area contributed by atoms with Crippen LogP contribution in [0, 0.1) is 5.92 Å². The Morgan fingerprint density at radius 1 is 0.867 bits per heavy atom. The number of hydrogen-bond acceptors (Lipinski definition) is 3. The average Bonchev–Trinajstić information content (AvgIpc) is 3.27. The Balaban J connectivity index is 1.18.